The largest absolute Gasteiger partial charge is 0.480 e. The Balaban J connectivity index is 1.80. The van der Waals surface area contributed by atoms with Gasteiger partial charge in [-0.2, -0.15) is 13.2 Å². The number of alkyl halides is 3. The van der Waals surface area contributed by atoms with Crippen molar-refractivity contribution in [2.45, 2.75) is 114 Å². The van der Waals surface area contributed by atoms with Crippen molar-refractivity contribution in [2.24, 2.45) is 0 Å². The highest BCUT2D eigenvalue weighted by atomic mass is 19.4. The number of methoxy groups -OCH3 is 1. The van der Waals surface area contributed by atoms with Crippen LogP contribution in [0.25, 0.3) is 0 Å². The third-order valence-electron chi connectivity index (χ3n) is 8.44. The smallest absolute Gasteiger partial charge is 0.425 e. The number of aliphatic carboxylic acids is 1. The Morgan fingerprint density at radius 2 is 1.51 bits per heavy atom. The van der Waals surface area contributed by atoms with Crippen molar-refractivity contribution in [3.8, 4) is 5.75 Å². The fourth-order valence-electron chi connectivity index (χ4n) is 5.69. The van der Waals surface area contributed by atoms with Crippen LogP contribution in [0, 0.1) is 0 Å². The lowest BCUT2D eigenvalue weighted by Crippen LogP contribution is -2.39. The number of esters is 1. The third-order valence-corrected chi connectivity index (χ3v) is 8.44. The fraction of sp³-hybridized carbons (Fsp3) is 0.514. The van der Waals surface area contributed by atoms with Gasteiger partial charge in [-0.05, 0) is 54.7 Å². The van der Waals surface area contributed by atoms with Gasteiger partial charge in [0.05, 0.1) is 5.56 Å². The van der Waals surface area contributed by atoms with Gasteiger partial charge in [-0.1, -0.05) is 101 Å². The van der Waals surface area contributed by atoms with Crippen molar-refractivity contribution < 1.29 is 46.5 Å². The van der Waals surface area contributed by atoms with Gasteiger partial charge >= 0.3 is 18.1 Å². The first-order chi connectivity index (χ1) is 22.5. The third kappa shape index (κ3) is 10.2. The van der Waals surface area contributed by atoms with Crippen LogP contribution in [-0.4, -0.2) is 42.7 Å². The van der Waals surface area contributed by atoms with Crippen LogP contribution < -0.4 is 4.74 Å². The van der Waals surface area contributed by atoms with Crippen molar-refractivity contribution in [1.29, 1.82) is 0 Å². The molecule has 1 N–H and O–H groups in total. The molecule has 10 heteroatoms. The van der Waals surface area contributed by atoms with E-state index in [2.05, 4.69) is 6.92 Å². The Labute approximate surface area is 274 Å². The Morgan fingerprint density at radius 3 is 2.11 bits per heavy atom. The number of carbonyl (C=O) groups is 2. The van der Waals surface area contributed by atoms with Gasteiger partial charge in [0.15, 0.2) is 17.8 Å². The number of carboxylic acid groups (broad SMARTS) is 1. The minimum Gasteiger partial charge on any atom is -0.480 e. The van der Waals surface area contributed by atoms with Crippen LogP contribution in [-0.2, 0) is 19.7 Å². The van der Waals surface area contributed by atoms with Crippen LogP contribution in [0.15, 0.2) is 72.6 Å². The zero-order chi connectivity index (χ0) is 34.5. The lowest BCUT2D eigenvalue weighted by atomic mass is 9.72. The first-order valence-electron chi connectivity index (χ1n) is 16.4. The number of carboxylic acids is 1. The van der Waals surface area contributed by atoms with Gasteiger partial charge < -0.3 is 19.3 Å². The van der Waals surface area contributed by atoms with Crippen molar-refractivity contribution in [2.75, 3.05) is 7.11 Å². The highest BCUT2D eigenvalue weighted by Crippen LogP contribution is 2.43. The summed E-state index contributed by atoms with van der Waals surface area (Å²) in [6.07, 6.45) is 4.38. The summed E-state index contributed by atoms with van der Waals surface area (Å²) in [7, 11) is 1.58. The number of hydrogen-bond donors (Lipinski definition) is 1. The van der Waals surface area contributed by atoms with E-state index < -0.39 is 59.7 Å². The molecule has 2 aromatic rings. The molecular weight excluding hydrogens is 616 g/mol. The second kappa shape index (κ2) is 18.0. The summed E-state index contributed by atoms with van der Waals surface area (Å²) in [5, 5.41) is 10.3. The maximum absolute atomic E-state index is 16.1. The summed E-state index contributed by atoms with van der Waals surface area (Å²) < 4.78 is 73.6. The van der Waals surface area contributed by atoms with Gasteiger partial charge in [0.25, 0.3) is 0 Å². The van der Waals surface area contributed by atoms with E-state index in [0.29, 0.717) is 17.7 Å². The highest BCUT2D eigenvalue weighted by Gasteiger charge is 2.48. The molecule has 2 aromatic carbocycles. The molecule has 258 valence electrons. The molecule has 0 saturated heterocycles. The number of unbranched alkanes of at least 4 members (excludes halogenated alkanes) is 7. The predicted octanol–water partition coefficient (Wildman–Crippen LogP) is 9.99. The van der Waals surface area contributed by atoms with Crippen LogP contribution in [0.5, 0.6) is 5.75 Å². The number of hydrogen-bond acceptors (Lipinski definition) is 5. The average molecular weight is 663 g/mol. The second-order valence-electron chi connectivity index (χ2n) is 11.9. The van der Waals surface area contributed by atoms with E-state index in [0.717, 1.165) is 63.2 Å². The van der Waals surface area contributed by atoms with E-state index >= 15 is 4.39 Å². The van der Waals surface area contributed by atoms with E-state index in [9.17, 15) is 27.9 Å². The van der Waals surface area contributed by atoms with Gasteiger partial charge in [-0.3, -0.25) is 4.79 Å². The van der Waals surface area contributed by atoms with Crippen LogP contribution in [0.1, 0.15) is 112 Å². The van der Waals surface area contributed by atoms with Gasteiger partial charge in [-0.15, -0.1) is 0 Å². The van der Waals surface area contributed by atoms with Crippen LogP contribution in [0.3, 0.4) is 0 Å². The van der Waals surface area contributed by atoms with Gasteiger partial charge in [0.2, 0.25) is 0 Å². The van der Waals surface area contributed by atoms with Crippen LogP contribution in [0.4, 0.5) is 17.6 Å². The molecule has 6 nitrogen and oxygen atoms in total. The summed E-state index contributed by atoms with van der Waals surface area (Å²) in [4.78, 5) is 25.8. The number of ether oxygens (including phenoxy) is 3. The molecule has 0 aromatic heterocycles. The molecule has 1 aliphatic rings. The molecule has 0 radical (unpaired) electrons. The molecule has 0 spiro atoms. The van der Waals surface area contributed by atoms with Crippen molar-refractivity contribution in [3.05, 3.63) is 89.3 Å². The van der Waals surface area contributed by atoms with E-state index in [1.165, 1.54) is 30.7 Å². The standard InChI is InChI=1S/C37H46F4O6/c1-4-6-8-10-12-18-33(45-3)46-28-21-19-26(20-22-28)27-23-24-36(35(43)44,31(38)25-27)30-16-14-13-15-29(30)34(42)47-32(37(39,40)41)17-11-9-7-5-2/h13-16,19-25,27,32-33H,4-12,17-18H2,1-3H3,(H,43,44). The molecule has 0 aliphatic heterocycles. The number of carbonyl (C=O) groups excluding carboxylic acids is 1. The van der Waals surface area contributed by atoms with E-state index in [4.69, 9.17) is 14.2 Å². The summed E-state index contributed by atoms with van der Waals surface area (Å²) in [6.45, 7) is 4.08. The molecule has 0 fully saturated rings. The van der Waals surface area contributed by atoms with Gasteiger partial charge in [0.1, 0.15) is 11.6 Å². The zero-order valence-electron chi connectivity index (χ0n) is 27.4. The summed E-state index contributed by atoms with van der Waals surface area (Å²) in [5.41, 5.74) is -2.56. The maximum Gasteiger partial charge on any atom is 0.425 e. The summed E-state index contributed by atoms with van der Waals surface area (Å²) in [6, 6.07) is 12.0. The number of rotatable bonds is 19. The Hall–Kier alpha value is -3.66. The monoisotopic (exact) mass is 662 g/mol. The van der Waals surface area contributed by atoms with E-state index in [1.807, 2.05) is 6.92 Å². The maximum atomic E-state index is 16.1. The molecule has 3 rings (SSSR count). The molecule has 0 amide bonds. The Morgan fingerprint density at radius 1 is 0.894 bits per heavy atom. The van der Waals surface area contributed by atoms with Crippen molar-refractivity contribution in [1.82, 2.24) is 0 Å². The molecule has 4 unspecified atom stereocenters. The SMILES string of the molecule is CCCCCCCC(OC)Oc1ccc(C2C=CC(C(=O)O)(c3ccccc3C(=O)OC(CCCCCC)C(F)(F)F)C(F)=C2)cc1. The molecule has 1 aliphatic carbocycles. The Bertz CT molecular complexity index is 1350. The summed E-state index contributed by atoms with van der Waals surface area (Å²) in [5.74, 6) is -4.16. The summed E-state index contributed by atoms with van der Waals surface area (Å²) >= 11 is 0. The minimum absolute atomic E-state index is 0.201. The number of benzene rings is 2. The molecule has 47 heavy (non-hydrogen) atoms. The Kier molecular flexibility index (Phi) is 14.5. The van der Waals surface area contributed by atoms with Gasteiger partial charge in [0, 0.05) is 19.4 Å². The predicted molar refractivity (Wildman–Crippen MR) is 172 cm³/mol. The molecule has 0 saturated carbocycles. The molecule has 0 bridgehead atoms. The normalized spacial score (nSPS) is 19.1. The zero-order valence-corrected chi connectivity index (χ0v) is 27.4. The highest BCUT2D eigenvalue weighted by molar-refractivity contribution is 5.97. The topological polar surface area (TPSA) is 82.1 Å². The fourth-order valence-corrected chi connectivity index (χ4v) is 5.69. The van der Waals surface area contributed by atoms with E-state index in [-0.39, 0.29) is 12.0 Å². The first kappa shape index (κ1) is 37.8. The quantitative estimate of drug-likeness (QED) is 0.0530. The number of halogens is 4. The second-order valence-corrected chi connectivity index (χ2v) is 11.9. The molecule has 4 atom stereocenters. The van der Waals surface area contributed by atoms with E-state index in [1.54, 1.807) is 31.4 Å². The minimum atomic E-state index is -4.82. The van der Waals surface area contributed by atoms with Crippen LogP contribution in [0.2, 0.25) is 0 Å². The first-order valence-corrected chi connectivity index (χ1v) is 16.4. The molecule has 0 heterocycles. The van der Waals surface area contributed by atoms with Crippen LogP contribution >= 0.6 is 0 Å². The average Bonchev–Trinajstić information content (AvgIpc) is 3.05. The number of allylic oxidation sites excluding steroid dienone is 2. The lowest BCUT2D eigenvalue weighted by Gasteiger charge is -2.31. The van der Waals surface area contributed by atoms with Crippen molar-refractivity contribution in [3.63, 3.8) is 0 Å². The lowest BCUT2D eigenvalue weighted by molar-refractivity contribution is -0.206. The van der Waals surface area contributed by atoms with Crippen molar-refractivity contribution >= 4 is 11.9 Å². The van der Waals surface area contributed by atoms with Gasteiger partial charge in [-0.25, -0.2) is 9.18 Å². The molecular formula is C37H46F4O6.